The monoisotopic (exact) mass is 244 g/mol. The topological polar surface area (TPSA) is 80.7 Å². The Bertz CT molecular complexity index is 474. The van der Waals surface area contributed by atoms with Crippen molar-refractivity contribution in [1.82, 2.24) is 0 Å². The Labute approximate surface area is 93.6 Å². The molecule has 0 spiro atoms. The molecule has 0 bridgehead atoms. The number of sulfone groups is 1. The molecule has 0 saturated heterocycles. The van der Waals surface area contributed by atoms with Gasteiger partial charge < -0.3 is 9.84 Å². The van der Waals surface area contributed by atoms with Crippen LogP contribution in [0.3, 0.4) is 0 Å². The van der Waals surface area contributed by atoms with Crippen LogP contribution in [0.4, 0.5) is 0 Å². The van der Waals surface area contributed by atoms with E-state index in [0.717, 1.165) is 6.26 Å². The van der Waals surface area contributed by atoms with E-state index in [2.05, 4.69) is 0 Å². The molecule has 6 heteroatoms. The highest BCUT2D eigenvalue weighted by atomic mass is 32.2. The van der Waals surface area contributed by atoms with Crippen LogP contribution in [-0.4, -0.2) is 31.9 Å². The molecule has 0 fully saturated rings. The van der Waals surface area contributed by atoms with Crippen LogP contribution in [0.5, 0.6) is 5.75 Å². The van der Waals surface area contributed by atoms with Gasteiger partial charge in [-0.15, -0.1) is 0 Å². The molecule has 0 aliphatic heterocycles. The van der Waals surface area contributed by atoms with Crippen molar-refractivity contribution in [2.24, 2.45) is 0 Å². The van der Waals surface area contributed by atoms with Crippen LogP contribution in [0.2, 0.25) is 0 Å². The van der Waals surface area contributed by atoms with Gasteiger partial charge in [0.15, 0.2) is 15.9 Å². The lowest BCUT2D eigenvalue weighted by Crippen LogP contribution is -2.22. The van der Waals surface area contributed by atoms with Crippen LogP contribution in [0, 0.1) is 0 Å². The summed E-state index contributed by atoms with van der Waals surface area (Å²) in [6.45, 7) is 1.40. The molecule has 1 N–H and O–H groups in total. The quantitative estimate of drug-likeness (QED) is 0.852. The Balaban J connectivity index is 2.84. The van der Waals surface area contributed by atoms with Gasteiger partial charge in [-0.1, -0.05) is 0 Å². The van der Waals surface area contributed by atoms with Crippen LogP contribution in [-0.2, 0) is 14.6 Å². The van der Waals surface area contributed by atoms with Gasteiger partial charge in [0.2, 0.25) is 0 Å². The molecule has 0 aliphatic rings. The molecule has 0 radical (unpaired) electrons. The van der Waals surface area contributed by atoms with Gasteiger partial charge in [-0.05, 0) is 31.2 Å². The van der Waals surface area contributed by atoms with E-state index in [1.54, 1.807) is 0 Å². The van der Waals surface area contributed by atoms with E-state index in [1.807, 2.05) is 0 Å². The van der Waals surface area contributed by atoms with Gasteiger partial charge in [-0.2, -0.15) is 0 Å². The van der Waals surface area contributed by atoms with Gasteiger partial charge in [0, 0.05) is 6.26 Å². The van der Waals surface area contributed by atoms with Gasteiger partial charge in [-0.3, -0.25) is 0 Å². The fraction of sp³-hybridized carbons (Fsp3) is 0.300. The van der Waals surface area contributed by atoms with Crippen LogP contribution < -0.4 is 4.74 Å². The van der Waals surface area contributed by atoms with Gasteiger partial charge in [-0.25, -0.2) is 13.2 Å². The van der Waals surface area contributed by atoms with Crippen molar-refractivity contribution in [3.63, 3.8) is 0 Å². The molecule has 0 heterocycles. The molecule has 0 aromatic heterocycles. The lowest BCUT2D eigenvalue weighted by molar-refractivity contribution is -0.144. The molecule has 1 aromatic carbocycles. The highest BCUT2D eigenvalue weighted by Crippen LogP contribution is 2.16. The molecule has 0 amide bonds. The predicted octanol–water partition coefficient (Wildman–Crippen LogP) is 0.942. The highest BCUT2D eigenvalue weighted by molar-refractivity contribution is 7.90. The number of rotatable bonds is 4. The average Bonchev–Trinajstić information content (AvgIpc) is 2.17. The molecule has 0 aliphatic carbocycles. The van der Waals surface area contributed by atoms with Crippen LogP contribution in [0.25, 0.3) is 0 Å². The number of aliphatic carboxylic acids is 1. The van der Waals surface area contributed by atoms with Crippen molar-refractivity contribution in [1.29, 1.82) is 0 Å². The van der Waals surface area contributed by atoms with E-state index >= 15 is 0 Å². The Morgan fingerprint density at radius 1 is 1.31 bits per heavy atom. The summed E-state index contributed by atoms with van der Waals surface area (Å²) in [4.78, 5) is 10.7. The maximum atomic E-state index is 11.1. The summed E-state index contributed by atoms with van der Waals surface area (Å²) in [7, 11) is -3.24. The number of carboxylic acid groups (broad SMARTS) is 1. The standard InChI is InChI=1S/C10H12O5S/c1-7(10(11)12)15-8-3-5-9(6-4-8)16(2,13)14/h3-7H,1-2H3,(H,11,12)/t7-/m0/s1. The fourth-order valence-electron chi connectivity index (χ4n) is 1.02. The minimum Gasteiger partial charge on any atom is -0.479 e. The zero-order chi connectivity index (χ0) is 12.3. The van der Waals surface area contributed by atoms with Crippen molar-refractivity contribution in [2.75, 3.05) is 6.26 Å². The van der Waals surface area contributed by atoms with Crippen molar-refractivity contribution in [3.05, 3.63) is 24.3 Å². The van der Waals surface area contributed by atoms with Crippen molar-refractivity contribution in [3.8, 4) is 5.75 Å². The molecule has 88 valence electrons. The summed E-state index contributed by atoms with van der Waals surface area (Å²) >= 11 is 0. The summed E-state index contributed by atoms with van der Waals surface area (Å²) < 4.78 is 27.3. The minimum atomic E-state index is -3.24. The molecule has 1 atom stereocenters. The van der Waals surface area contributed by atoms with E-state index in [9.17, 15) is 13.2 Å². The molecule has 0 saturated carbocycles. The van der Waals surface area contributed by atoms with Gasteiger partial charge in [0.25, 0.3) is 0 Å². The van der Waals surface area contributed by atoms with Crippen molar-refractivity contribution in [2.45, 2.75) is 17.9 Å². The predicted molar refractivity (Wildman–Crippen MR) is 57.3 cm³/mol. The number of carbonyl (C=O) groups is 1. The highest BCUT2D eigenvalue weighted by Gasteiger charge is 2.13. The summed E-state index contributed by atoms with van der Waals surface area (Å²) in [5.41, 5.74) is 0. The van der Waals surface area contributed by atoms with E-state index in [4.69, 9.17) is 9.84 Å². The average molecular weight is 244 g/mol. The van der Waals surface area contributed by atoms with Gasteiger partial charge >= 0.3 is 5.97 Å². The fourth-order valence-corrected chi connectivity index (χ4v) is 1.65. The lowest BCUT2D eigenvalue weighted by Gasteiger charge is -2.10. The number of ether oxygens (including phenoxy) is 1. The summed E-state index contributed by atoms with van der Waals surface area (Å²) in [5.74, 6) is -0.755. The molecule has 16 heavy (non-hydrogen) atoms. The summed E-state index contributed by atoms with van der Waals surface area (Å²) in [5, 5.41) is 8.61. The number of benzene rings is 1. The van der Waals surface area contributed by atoms with Gasteiger partial charge in [0.1, 0.15) is 5.75 Å². The van der Waals surface area contributed by atoms with Crippen molar-refractivity contribution < 1.29 is 23.1 Å². The van der Waals surface area contributed by atoms with E-state index in [1.165, 1.54) is 31.2 Å². The molecule has 0 unspecified atom stereocenters. The zero-order valence-corrected chi connectivity index (χ0v) is 9.69. The first-order valence-corrected chi connectivity index (χ1v) is 6.39. The largest absolute Gasteiger partial charge is 0.479 e. The van der Waals surface area contributed by atoms with E-state index in [0.29, 0.717) is 5.75 Å². The first-order valence-electron chi connectivity index (χ1n) is 4.50. The summed E-state index contributed by atoms with van der Waals surface area (Å²) in [6.07, 6.45) is 0.131. The third-order valence-electron chi connectivity index (χ3n) is 1.91. The maximum absolute atomic E-state index is 11.1. The SMILES string of the molecule is C[C@H](Oc1ccc(S(C)(=O)=O)cc1)C(=O)O. The third kappa shape index (κ3) is 3.23. The Morgan fingerprint density at radius 3 is 2.19 bits per heavy atom. The van der Waals surface area contributed by atoms with E-state index in [-0.39, 0.29) is 4.90 Å². The number of hydrogen-bond donors (Lipinski definition) is 1. The maximum Gasteiger partial charge on any atom is 0.344 e. The molecular formula is C10H12O5S. The number of hydrogen-bond acceptors (Lipinski definition) is 4. The third-order valence-corrected chi connectivity index (χ3v) is 3.04. The van der Waals surface area contributed by atoms with Crippen LogP contribution >= 0.6 is 0 Å². The van der Waals surface area contributed by atoms with E-state index < -0.39 is 21.9 Å². The molecule has 5 nitrogen and oxygen atoms in total. The number of carboxylic acids is 1. The normalized spacial score (nSPS) is 13.1. The first-order chi connectivity index (χ1) is 7.30. The zero-order valence-electron chi connectivity index (χ0n) is 8.88. The Morgan fingerprint density at radius 2 is 1.81 bits per heavy atom. The summed E-state index contributed by atoms with van der Waals surface area (Å²) in [6, 6.07) is 5.60. The second-order valence-corrected chi connectivity index (χ2v) is 5.36. The second-order valence-electron chi connectivity index (χ2n) is 3.34. The van der Waals surface area contributed by atoms with Crippen LogP contribution in [0.1, 0.15) is 6.92 Å². The molecular weight excluding hydrogens is 232 g/mol. The Kier molecular flexibility index (Phi) is 3.54. The Hall–Kier alpha value is -1.56. The molecule has 1 aromatic rings. The van der Waals surface area contributed by atoms with Gasteiger partial charge in [0.05, 0.1) is 4.90 Å². The first kappa shape index (κ1) is 12.5. The smallest absolute Gasteiger partial charge is 0.344 e. The minimum absolute atomic E-state index is 0.169. The second kappa shape index (κ2) is 4.52. The van der Waals surface area contributed by atoms with Crippen LogP contribution in [0.15, 0.2) is 29.2 Å². The molecule has 1 rings (SSSR count). The van der Waals surface area contributed by atoms with Crippen molar-refractivity contribution >= 4 is 15.8 Å². The lowest BCUT2D eigenvalue weighted by atomic mass is 10.3.